The van der Waals surface area contributed by atoms with E-state index < -0.39 is 6.04 Å². The monoisotopic (exact) mass is 421 g/mol. The van der Waals surface area contributed by atoms with Crippen LogP contribution in [-0.2, 0) is 24.2 Å². The molecule has 0 aliphatic carbocycles. The average molecular weight is 422 g/mol. The summed E-state index contributed by atoms with van der Waals surface area (Å²) in [5.74, 6) is 1.56. The van der Waals surface area contributed by atoms with Crippen molar-refractivity contribution in [1.29, 1.82) is 0 Å². The number of aryl methyl sites for hydroxylation is 1. The van der Waals surface area contributed by atoms with Crippen LogP contribution in [0, 0.1) is 0 Å². The Morgan fingerprint density at radius 1 is 1.11 bits per heavy atom. The fourth-order valence-electron chi connectivity index (χ4n) is 3.94. The highest BCUT2D eigenvalue weighted by Gasteiger charge is 2.34. The Hall–Kier alpha value is -2.12. The van der Waals surface area contributed by atoms with Crippen molar-refractivity contribution < 1.29 is 9.59 Å². The third-order valence-corrected chi connectivity index (χ3v) is 5.70. The molecule has 0 unspecified atom stereocenters. The molecule has 0 spiro atoms. The maximum absolute atomic E-state index is 12.9. The van der Waals surface area contributed by atoms with E-state index in [1.165, 1.54) is 0 Å². The molecule has 2 aliphatic heterocycles. The van der Waals surface area contributed by atoms with Crippen LogP contribution in [0.2, 0.25) is 10.0 Å². The number of halogens is 2. The molecule has 2 aliphatic rings. The number of benzene rings is 1. The lowest BCUT2D eigenvalue weighted by Crippen LogP contribution is -2.46. The van der Waals surface area contributed by atoms with E-state index in [1.54, 1.807) is 23.1 Å². The largest absolute Gasteiger partial charge is 0.354 e. The highest BCUT2D eigenvalue weighted by Crippen LogP contribution is 2.24. The van der Waals surface area contributed by atoms with E-state index in [2.05, 4.69) is 20.1 Å². The Bertz CT molecular complexity index is 893. The minimum atomic E-state index is -0.477. The Morgan fingerprint density at radius 3 is 2.68 bits per heavy atom. The van der Waals surface area contributed by atoms with Gasteiger partial charge in [0.25, 0.3) is 5.91 Å². The molecule has 148 valence electrons. The summed E-state index contributed by atoms with van der Waals surface area (Å²) in [6.07, 6.45) is 4.12. The number of nitrogens with one attached hydrogen (secondary N) is 1. The first kappa shape index (κ1) is 19.2. The summed E-state index contributed by atoms with van der Waals surface area (Å²) in [6, 6.07) is 4.26. The van der Waals surface area contributed by atoms with Crippen LogP contribution in [0.15, 0.2) is 18.2 Å². The van der Waals surface area contributed by atoms with Gasteiger partial charge in [-0.25, -0.2) is 0 Å². The molecule has 0 saturated carbocycles. The Kier molecular flexibility index (Phi) is 5.55. The van der Waals surface area contributed by atoms with Gasteiger partial charge in [-0.05, 0) is 37.5 Å². The molecule has 1 atom stereocenters. The average Bonchev–Trinajstić information content (AvgIpc) is 3.38. The number of hydrogen-bond donors (Lipinski definition) is 1. The molecular weight excluding hydrogens is 401 g/mol. The predicted octanol–water partition coefficient (Wildman–Crippen LogP) is 2.49. The van der Waals surface area contributed by atoms with Gasteiger partial charge in [0, 0.05) is 48.1 Å². The highest BCUT2D eigenvalue weighted by molar-refractivity contribution is 6.35. The molecular formula is C19H21Cl2N5O2. The number of aromatic nitrogens is 3. The predicted molar refractivity (Wildman–Crippen MR) is 106 cm³/mol. The van der Waals surface area contributed by atoms with Crippen molar-refractivity contribution in [1.82, 2.24) is 25.0 Å². The third-order valence-electron chi connectivity index (χ3n) is 5.26. The van der Waals surface area contributed by atoms with E-state index in [9.17, 15) is 9.59 Å². The molecule has 1 aromatic heterocycles. The lowest BCUT2D eigenvalue weighted by atomic mass is 10.1. The van der Waals surface area contributed by atoms with Crippen LogP contribution in [0.3, 0.4) is 0 Å². The zero-order valence-electron chi connectivity index (χ0n) is 15.3. The fourth-order valence-corrected chi connectivity index (χ4v) is 4.46. The van der Waals surface area contributed by atoms with Gasteiger partial charge >= 0.3 is 0 Å². The summed E-state index contributed by atoms with van der Waals surface area (Å²) in [5, 5.41) is 12.1. The van der Waals surface area contributed by atoms with Gasteiger partial charge in [-0.3, -0.25) is 9.59 Å². The van der Waals surface area contributed by atoms with Crippen molar-refractivity contribution >= 4 is 35.0 Å². The van der Waals surface area contributed by atoms with Crippen molar-refractivity contribution in [2.45, 2.75) is 44.7 Å². The minimum Gasteiger partial charge on any atom is -0.354 e. The van der Waals surface area contributed by atoms with E-state index >= 15 is 0 Å². The molecule has 28 heavy (non-hydrogen) atoms. The molecule has 2 aromatic rings. The van der Waals surface area contributed by atoms with E-state index in [-0.39, 0.29) is 11.8 Å². The Labute approximate surface area is 173 Å². The quantitative estimate of drug-likeness (QED) is 0.803. The van der Waals surface area contributed by atoms with E-state index in [0.717, 1.165) is 37.5 Å². The molecule has 4 rings (SSSR count). The van der Waals surface area contributed by atoms with Gasteiger partial charge in [0.1, 0.15) is 17.7 Å². The van der Waals surface area contributed by atoms with E-state index in [1.807, 2.05) is 0 Å². The lowest BCUT2D eigenvalue weighted by molar-refractivity contribution is -0.124. The summed E-state index contributed by atoms with van der Waals surface area (Å²) >= 11 is 12.0. The number of rotatable bonds is 5. The summed E-state index contributed by atoms with van der Waals surface area (Å²) in [5.41, 5.74) is 0.399. The summed E-state index contributed by atoms with van der Waals surface area (Å²) in [6.45, 7) is 1.95. The second-order valence-corrected chi connectivity index (χ2v) is 8.02. The topological polar surface area (TPSA) is 80.1 Å². The number of fused-ring (bicyclic) bond motifs is 1. The van der Waals surface area contributed by atoms with Gasteiger partial charge < -0.3 is 14.8 Å². The smallest absolute Gasteiger partial charge is 0.254 e. The molecule has 2 amide bonds. The van der Waals surface area contributed by atoms with Gasteiger partial charge in [0.05, 0.1) is 0 Å². The van der Waals surface area contributed by atoms with Crippen molar-refractivity contribution in [2.24, 2.45) is 0 Å². The van der Waals surface area contributed by atoms with Crippen molar-refractivity contribution in [3.63, 3.8) is 0 Å². The van der Waals surface area contributed by atoms with Gasteiger partial charge in [0.15, 0.2) is 0 Å². The molecule has 7 nitrogen and oxygen atoms in total. The number of nitrogens with zero attached hydrogens (tertiary/aromatic N) is 4. The van der Waals surface area contributed by atoms with Crippen LogP contribution in [0.25, 0.3) is 0 Å². The first-order valence-electron chi connectivity index (χ1n) is 9.48. The Morgan fingerprint density at radius 2 is 1.89 bits per heavy atom. The molecule has 0 radical (unpaired) electrons. The van der Waals surface area contributed by atoms with Crippen LogP contribution in [0.5, 0.6) is 0 Å². The fraction of sp³-hybridized carbons (Fsp3) is 0.474. The lowest BCUT2D eigenvalue weighted by Gasteiger charge is -2.24. The molecule has 1 fully saturated rings. The van der Waals surface area contributed by atoms with Crippen molar-refractivity contribution in [2.75, 3.05) is 13.1 Å². The SMILES string of the molecule is O=C(NCCc1nnc2n1CCC2)[C@@H]1CCCN1C(=O)c1cc(Cl)cc(Cl)c1. The summed E-state index contributed by atoms with van der Waals surface area (Å²) in [4.78, 5) is 27.2. The Balaban J connectivity index is 1.37. The highest BCUT2D eigenvalue weighted by atomic mass is 35.5. The first-order valence-corrected chi connectivity index (χ1v) is 10.2. The second-order valence-electron chi connectivity index (χ2n) is 7.14. The standard InChI is InChI=1S/C19H21Cl2N5O2/c20-13-9-12(10-14(21)11-13)19(28)25-7-1-3-15(25)18(27)22-6-5-17-24-23-16-4-2-8-26(16)17/h9-11,15H,1-8H2,(H,22,27)/t15-/m0/s1. The number of likely N-dealkylation sites (tertiary alicyclic amines) is 1. The molecule has 1 N–H and O–H groups in total. The second kappa shape index (κ2) is 8.09. The van der Waals surface area contributed by atoms with Crippen LogP contribution in [0.1, 0.15) is 41.3 Å². The third kappa shape index (κ3) is 3.86. The molecule has 0 bridgehead atoms. The molecule has 1 aromatic carbocycles. The van der Waals surface area contributed by atoms with Crippen LogP contribution < -0.4 is 5.32 Å². The number of carbonyl (C=O) groups excluding carboxylic acids is 2. The van der Waals surface area contributed by atoms with E-state index in [4.69, 9.17) is 23.2 Å². The number of hydrogen-bond acceptors (Lipinski definition) is 4. The maximum Gasteiger partial charge on any atom is 0.254 e. The van der Waals surface area contributed by atoms with Crippen LogP contribution in [0.4, 0.5) is 0 Å². The van der Waals surface area contributed by atoms with Gasteiger partial charge in [-0.15, -0.1) is 10.2 Å². The van der Waals surface area contributed by atoms with Gasteiger partial charge in [-0.2, -0.15) is 0 Å². The zero-order valence-corrected chi connectivity index (χ0v) is 16.8. The first-order chi connectivity index (χ1) is 13.5. The minimum absolute atomic E-state index is 0.139. The molecule has 1 saturated heterocycles. The zero-order chi connectivity index (χ0) is 19.7. The molecule has 3 heterocycles. The number of carbonyl (C=O) groups is 2. The van der Waals surface area contributed by atoms with Crippen molar-refractivity contribution in [3.8, 4) is 0 Å². The van der Waals surface area contributed by atoms with Gasteiger partial charge in [0.2, 0.25) is 5.91 Å². The number of amides is 2. The maximum atomic E-state index is 12.9. The van der Waals surface area contributed by atoms with Crippen molar-refractivity contribution in [3.05, 3.63) is 45.5 Å². The van der Waals surface area contributed by atoms with Crippen LogP contribution >= 0.6 is 23.2 Å². The molecule has 9 heteroatoms. The van der Waals surface area contributed by atoms with Gasteiger partial charge in [-0.1, -0.05) is 23.2 Å². The summed E-state index contributed by atoms with van der Waals surface area (Å²) < 4.78 is 2.13. The van der Waals surface area contributed by atoms with E-state index in [0.29, 0.717) is 41.5 Å². The van der Waals surface area contributed by atoms with Crippen LogP contribution in [-0.4, -0.2) is 50.6 Å². The summed E-state index contributed by atoms with van der Waals surface area (Å²) in [7, 11) is 0. The normalized spacial score (nSPS) is 18.4.